The molecular weight excluding hydrogens is 148 g/mol. The number of hydrogen-bond acceptors (Lipinski definition) is 2. The standard InChI is InChI=1S/C6H14N2.C2H6.C2H4/c1-7-3-5-8(2)6-4-7;2*1-2/h3-6H2,1-2H3;1-2H3;1-2H2. The minimum Gasteiger partial charge on any atom is -0.304 e. The van der Waals surface area contributed by atoms with Crippen LogP contribution in [0.25, 0.3) is 0 Å². The summed E-state index contributed by atoms with van der Waals surface area (Å²) in [7, 11) is 4.35. The van der Waals surface area contributed by atoms with Gasteiger partial charge >= 0.3 is 0 Å². The maximum atomic E-state index is 3.00. The highest BCUT2D eigenvalue weighted by Gasteiger charge is 2.07. The van der Waals surface area contributed by atoms with Crippen LogP contribution in [-0.4, -0.2) is 50.1 Å². The van der Waals surface area contributed by atoms with Crippen molar-refractivity contribution in [1.82, 2.24) is 9.80 Å². The Bertz CT molecular complexity index is 65.9. The van der Waals surface area contributed by atoms with Crippen molar-refractivity contribution in [1.29, 1.82) is 0 Å². The summed E-state index contributed by atoms with van der Waals surface area (Å²) in [6.45, 7) is 14.9. The zero-order valence-corrected chi connectivity index (χ0v) is 9.14. The first-order chi connectivity index (χ1) is 5.79. The first-order valence-electron chi connectivity index (χ1n) is 4.66. The molecule has 2 heteroatoms. The van der Waals surface area contributed by atoms with Crippen LogP contribution in [0.3, 0.4) is 0 Å². The third-order valence-corrected chi connectivity index (χ3v) is 1.73. The second-order valence-corrected chi connectivity index (χ2v) is 2.61. The van der Waals surface area contributed by atoms with Gasteiger partial charge in [0.25, 0.3) is 0 Å². The zero-order valence-electron chi connectivity index (χ0n) is 9.14. The maximum Gasteiger partial charge on any atom is 0.0107 e. The van der Waals surface area contributed by atoms with Crippen LogP contribution in [0.15, 0.2) is 13.2 Å². The molecule has 1 fully saturated rings. The van der Waals surface area contributed by atoms with E-state index >= 15 is 0 Å². The Morgan fingerprint density at radius 2 is 0.917 bits per heavy atom. The first kappa shape index (κ1) is 14.2. The largest absolute Gasteiger partial charge is 0.304 e. The number of nitrogens with zero attached hydrogens (tertiary/aromatic N) is 2. The molecule has 0 aromatic rings. The van der Waals surface area contributed by atoms with E-state index < -0.39 is 0 Å². The molecule has 1 rings (SSSR count). The molecule has 0 atom stereocenters. The molecule has 0 aromatic heterocycles. The van der Waals surface area contributed by atoms with Crippen molar-refractivity contribution in [2.75, 3.05) is 40.3 Å². The smallest absolute Gasteiger partial charge is 0.0107 e. The van der Waals surface area contributed by atoms with Crippen molar-refractivity contribution in [3.05, 3.63) is 13.2 Å². The summed E-state index contributed by atoms with van der Waals surface area (Å²) in [5.74, 6) is 0. The molecule has 0 bridgehead atoms. The fourth-order valence-electron chi connectivity index (χ4n) is 0.906. The summed E-state index contributed by atoms with van der Waals surface area (Å²) in [6, 6.07) is 0. The van der Waals surface area contributed by atoms with Crippen molar-refractivity contribution in [3.8, 4) is 0 Å². The van der Waals surface area contributed by atoms with Gasteiger partial charge < -0.3 is 9.80 Å². The van der Waals surface area contributed by atoms with Gasteiger partial charge in [0, 0.05) is 26.2 Å². The van der Waals surface area contributed by atoms with E-state index in [1.165, 1.54) is 26.2 Å². The lowest BCUT2D eigenvalue weighted by atomic mass is 10.4. The van der Waals surface area contributed by atoms with Crippen LogP contribution >= 0.6 is 0 Å². The molecule has 0 unspecified atom stereocenters. The van der Waals surface area contributed by atoms with Crippen LogP contribution in [0.2, 0.25) is 0 Å². The summed E-state index contributed by atoms with van der Waals surface area (Å²) in [4.78, 5) is 4.72. The van der Waals surface area contributed by atoms with Gasteiger partial charge in [-0.1, -0.05) is 13.8 Å². The minimum absolute atomic E-state index is 1.23. The summed E-state index contributed by atoms with van der Waals surface area (Å²) in [5.41, 5.74) is 0. The molecule has 0 radical (unpaired) electrons. The molecule has 0 spiro atoms. The quantitative estimate of drug-likeness (QED) is 0.513. The van der Waals surface area contributed by atoms with Gasteiger partial charge in [0.2, 0.25) is 0 Å². The van der Waals surface area contributed by atoms with E-state index in [0.29, 0.717) is 0 Å². The van der Waals surface area contributed by atoms with E-state index in [1.807, 2.05) is 13.8 Å². The SMILES string of the molecule is C=C.CC.CN1CCN(C)CC1. The molecule has 0 N–H and O–H groups in total. The number of rotatable bonds is 0. The number of hydrogen-bond donors (Lipinski definition) is 0. The highest BCUT2D eigenvalue weighted by Crippen LogP contribution is 1.93. The molecule has 0 aromatic carbocycles. The fraction of sp³-hybridized carbons (Fsp3) is 0.800. The van der Waals surface area contributed by atoms with Crippen molar-refractivity contribution in [3.63, 3.8) is 0 Å². The van der Waals surface area contributed by atoms with E-state index in [4.69, 9.17) is 0 Å². The van der Waals surface area contributed by atoms with Crippen molar-refractivity contribution >= 4 is 0 Å². The normalized spacial score (nSPS) is 18.3. The molecule has 1 aliphatic rings. The Balaban J connectivity index is 0. The van der Waals surface area contributed by atoms with E-state index in [1.54, 1.807) is 0 Å². The molecule has 0 aliphatic carbocycles. The Labute approximate surface area is 77.9 Å². The lowest BCUT2D eigenvalue weighted by molar-refractivity contribution is 0.181. The second-order valence-electron chi connectivity index (χ2n) is 2.61. The van der Waals surface area contributed by atoms with Gasteiger partial charge in [-0.3, -0.25) is 0 Å². The predicted octanol–water partition coefficient (Wildman–Crippen LogP) is 1.69. The zero-order chi connectivity index (χ0) is 9.98. The van der Waals surface area contributed by atoms with Gasteiger partial charge in [-0.2, -0.15) is 0 Å². The molecule has 1 saturated heterocycles. The molecule has 0 amide bonds. The predicted molar refractivity (Wildman–Crippen MR) is 57.6 cm³/mol. The first-order valence-corrected chi connectivity index (χ1v) is 4.66. The third kappa shape index (κ3) is 7.76. The van der Waals surface area contributed by atoms with Crippen LogP contribution in [0.4, 0.5) is 0 Å². The van der Waals surface area contributed by atoms with Crippen LogP contribution in [0, 0.1) is 0 Å². The number of likely N-dealkylation sites (N-methyl/N-ethyl adjacent to an activating group) is 2. The highest BCUT2D eigenvalue weighted by atomic mass is 15.2. The van der Waals surface area contributed by atoms with Crippen LogP contribution in [0.1, 0.15) is 13.8 Å². The Hall–Kier alpha value is -0.340. The van der Waals surface area contributed by atoms with Crippen molar-refractivity contribution in [2.24, 2.45) is 0 Å². The van der Waals surface area contributed by atoms with Gasteiger partial charge in [0.15, 0.2) is 0 Å². The topological polar surface area (TPSA) is 6.48 Å². The summed E-state index contributed by atoms with van der Waals surface area (Å²) in [6.07, 6.45) is 0. The van der Waals surface area contributed by atoms with Crippen molar-refractivity contribution in [2.45, 2.75) is 13.8 Å². The maximum absolute atomic E-state index is 3.00. The fourth-order valence-corrected chi connectivity index (χ4v) is 0.906. The average molecular weight is 172 g/mol. The van der Waals surface area contributed by atoms with Gasteiger partial charge in [0.1, 0.15) is 0 Å². The lowest BCUT2D eigenvalue weighted by Crippen LogP contribution is -2.42. The van der Waals surface area contributed by atoms with Crippen LogP contribution in [0.5, 0.6) is 0 Å². The van der Waals surface area contributed by atoms with Crippen LogP contribution < -0.4 is 0 Å². The Morgan fingerprint density at radius 3 is 1.08 bits per heavy atom. The van der Waals surface area contributed by atoms with Gasteiger partial charge in [-0.25, -0.2) is 0 Å². The second kappa shape index (κ2) is 10.7. The van der Waals surface area contributed by atoms with Gasteiger partial charge in [0.05, 0.1) is 0 Å². The summed E-state index contributed by atoms with van der Waals surface area (Å²) < 4.78 is 0. The molecule has 1 aliphatic heterocycles. The monoisotopic (exact) mass is 172 g/mol. The lowest BCUT2D eigenvalue weighted by Gasteiger charge is -2.28. The Kier molecular flexibility index (Phi) is 12.6. The average Bonchev–Trinajstić information content (AvgIpc) is 2.17. The minimum atomic E-state index is 1.23. The summed E-state index contributed by atoms with van der Waals surface area (Å²) >= 11 is 0. The summed E-state index contributed by atoms with van der Waals surface area (Å²) in [5, 5.41) is 0. The molecule has 74 valence electrons. The molecule has 12 heavy (non-hydrogen) atoms. The highest BCUT2D eigenvalue weighted by molar-refractivity contribution is 4.64. The Morgan fingerprint density at radius 1 is 0.750 bits per heavy atom. The van der Waals surface area contributed by atoms with E-state index in [-0.39, 0.29) is 0 Å². The van der Waals surface area contributed by atoms with E-state index in [9.17, 15) is 0 Å². The molecule has 0 saturated carbocycles. The van der Waals surface area contributed by atoms with Crippen LogP contribution in [-0.2, 0) is 0 Å². The molecule has 2 nitrogen and oxygen atoms in total. The van der Waals surface area contributed by atoms with E-state index in [2.05, 4.69) is 37.1 Å². The molecule has 1 heterocycles. The van der Waals surface area contributed by atoms with E-state index in [0.717, 1.165) is 0 Å². The third-order valence-electron chi connectivity index (χ3n) is 1.73. The van der Waals surface area contributed by atoms with Gasteiger partial charge in [-0.05, 0) is 14.1 Å². The number of piperazine rings is 1. The van der Waals surface area contributed by atoms with Gasteiger partial charge in [-0.15, -0.1) is 13.2 Å². The van der Waals surface area contributed by atoms with Crippen molar-refractivity contribution < 1.29 is 0 Å². The molecular formula is C10H24N2.